The molecule has 0 aliphatic carbocycles. The first-order valence-electron chi connectivity index (χ1n) is 9.55. The third-order valence-corrected chi connectivity index (χ3v) is 5.66. The van der Waals surface area contributed by atoms with E-state index in [9.17, 15) is 0 Å². The van der Waals surface area contributed by atoms with Crippen molar-refractivity contribution in [2.24, 2.45) is 0 Å². The van der Waals surface area contributed by atoms with E-state index >= 15 is 0 Å². The molecule has 0 saturated heterocycles. The summed E-state index contributed by atoms with van der Waals surface area (Å²) in [7, 11) is 1.73. The summed E-state index contributed by atoms with van der Waals surface area (Å²) in [6.45, 7) is 5.24. The molecular formula is C23H26BrNO4S. The van der Waals surface area contributed by atoms with Gasteiger partial charge in [0, 0.05) is 27.6 Å². The Balaban J connectivity index is 0.000000735. The van der Waals surface area contributed by atoms with E-state index in [-0.39, 0.29) is 0 Å². The lowest BCUT2D eigenvalue weighted by molar-refractivity contribution is -0.134. The van der Waals surface area contributed by atoms with Crippen LogP contribution in [-0.2, 0) is 17.0 Å². The smallest absolute Gasteiger partial charge is 0.300 e. The van der Waals surface area contributed by atoms with Gasteiger partial charge in [-0.15, -0.1) is 11.8 Å². The minimum absolute atomic E-state index is 0.673. The molecule has 0 spiro atoms. The number of thioether (sulfide) groups is 1. The van der Waals surface area contributed by atoms with E-state index in [4.69, 9.17) is 19.1 Å². The number of methoxy groups -OCH3 is 1. The molecule has 3 rings (SSSR count). The minimum Gasteiger partial charge on any atom is -0.496 e. The van der Waals surface area contributed by atoms with Gasteiger partial charge < -0.3 is 14.3 Å². The standard InChI is InChI=1S/C21H22BrNO2S.C2H4O2/c1-4-5-16-12-18(10-11-20(16)24-3)26-13-19-14(2)25-21(23-19)15-6-8-17(22)9-7-15;1-2(3)4/h6-12H,4-5,13H2,1-3H3;1H3,(H,3,4). The second-order valence-corrected chi connectivity index (χ2v) is 8.52. The van der Waals surface area contributed by atoms with Gasteiger partial charge in [0.15, 0.2) is 0 Å². The summed E-state index contributed by atoms with van der Waals surface area (Å²) in [6, 6.07) is 14.4. The molecule has 30 heavy (non-hydrogen) atoms. The number of aromatic nitrogens is 1. The van der Waals surface area contributed by atoms with Crippen LogP contribution < -0.4 is 4.74 Å². The first-order valence-corrected chi connectivity index (χ1v) is 11.3. The predicted molar refractivity (Wildman–Crippen MR) is 124 cm³/mol. The maximum atomic E-state index is 9.00. The number of benzene rings is 2. The van der Waals surface area contributed by atoms with Crippen molar-refractivity contribution in [3.63, 3.8) is 0 Å². The average Bonchev–Trinajstić information content (AvgIpc) is 3.07. The molecule has 2 aromatic carbocycles. The second kappa shape index (κ2) is 11.8. The molecule has 0 saturated carbocycles. The third-order valence-electron chi connectivity index (χ3n) is 4.13. The number of oxazole rings is 1. The Bertz CT molecular complexity index is 966. The van der Waals surface area contributed by atoms with Crippen LogP contribution in [0.15, 0.2) is 56.2 Å². The Kier molecular flexibility index (Phi) is 9.46. The largest absolute Gasteiger partial charge is 0.496 e. The topological polar surface area (TPSA) is 72.6 Å². The van der Waals surface area contributed by atoms with Gasteiger partial charge in [-0.25, -0.2) is 4.98 Å². The predicted octanol–water partition coefficient (Wildman–Crippen LogP) is 6.76. The van der Waals surface area contributed by atoms with Crippen molar-refractivity contribution < 1.29 is 19.1 Å². The van der Waals surface area contributed by atoms with E-state index in [0.717, 1.165) is 52.8 Å². The summed E-state index contributed by atoms with van der Waals surface area (Å²) in [5.41, 5.74) is 3.23. The highest BCUT2D eigenvalue weighted by atomic mass is 79.9. The average molecular weight is 492 g/mol. The van der Waals surface area contributed by atoms with Crippen LogP contribution in [0.2, 0.25) is 0 Å². The van der Waals surface area contributed by atoms with Crippen LogP contribution in [0, 0.1) is 6.92 Å². The summed E-state index contributed by atoms with van der Waals surface area (Å²) in [5, 5.41) is 7.42. The second-order valence-electron chi connectivity index (χ2n) is 6.56. The van der Waals surface area contributed by atoms with Gasteiger partial charge in [-0.1, -0.05) is 29.3 Å². The van der Waals surface area contributed by atoms with E-state index in [1.54, 1.807) is 18.9 Å². The highest BCUT2D eigenvalue weighted by Crippen LogP contribution is 2.31. The van der Waals surface area contributed by atoms with Crippen molar-refractivity contribution in [1.82, 2.24) is 4.98 Å². The lowest BCUT2D eigenvalue weighted by Crippen LogP contribution is -1.92. The number of carboxylic acid groups (broad SMARTS) is 1. The van der Waals surface area contributed by atoms with Crippen LogP contribution in [0.4, 0.5) is 0 Å². The summed E-state index contributed by atoms with van der Waals surface area (Å²) in [5.74, 6) is 2.46. The molecule has 0 unspecified atom stereocenters. The quantitative estimate of drug-likeness (QED) is 0.368. The number of hydrogen-bond donors (Lipinski definition) is 1. The molecule has 0 fully saturated rings. The van der Waals surface area contributed by atoms with Crippen molar-refractivity contribution in [1.29, 1.82) is 0 Å². The van der Waals surface area contributed by atoms with Gasteiger partial charge in [-0.2, -0.15) is 0 Å². The number of carbonyl (C=O) groups is 1. The number of ether oxygens (including phenoxy) is 1. The molecule has 0 radical (unpaired) electrons. The molecule has 1 N–H and O–H groups in total. The van der Waals surface area contributed by atoms with E-state index < -0.39 is 5.97 Å². The third kappa shape index (κ3) is 7.22. The van der Waals surface area contributed by atoms with Crippen LogP contribution in [0.3, 0.4) is 0 Å². The summed E-state index contributed by atoms with van der Waals surface area (Å²) in [4.78, 5) is 14.9. The maximum Gasteiger partial charge on any atom is 0.300 e. The van der Waals surface area contributed by atoms with Gasteiger partial charge >= 0.3 is 0 Å². The zero-order valence-electron chi connectivity index (χ0n) is 17.6. The van der Waals surface area contributed by atoms with Gasteiger partial charge in [0.1, 0.15) is 11.5 Å². The number of aryl methyl sites for hydroxylation is 2. The van der Waals surface area contributed by atoms with Gasteiger partial charge in [-0.3, -0.25) is 4.79 Å². The number of hydrogen-bond acceptors (Lipinski definition) is 5. The van der Waals surface area contributed by atoms with Gasteiger partial charge in [0.05, 0.1) is 12.8 Å². The molecule has 0 amide bonds. The zero-order valence-corrected chi connectivity index (χ0v) is 20.0. The number of halogens is 1. The molecule has 160 valence electrons. The Morgan fingerprint density at radius 1 is 1.23 bits per heavy atom. The molecule has 1 heterocycles. The van der Waals surface area contributed by atoms with E-state index in [1.807, 2.05) is 31.2 Å². The molecule has 0 atom stereocenters. The maximum absolute atomic E-state index is 9.00. The van der Waals surface area contributed by atoms with Gasteiger partial charge in [0.2, 0.25) is 5.89 Å². The highest BCUT2D eigenvalue weighted by Gasteiger charge is 2.12. The Morgan fingerprint density at radius 3 is 2.50 bits per heavy atom. The molecule has 7 heteroatoms. The molecule has 0 bridgehead atoms. The number of rotatable bonds is 7. The van der Waals surface area contributed by atoms with Gasteiger partial charge in [0.25, 0.3) is 5.97 Å². The molecule has 0 aliphatic rings. The van der Waals surface area contributed by atoms with Crippen molar-refractivity contribution in [2.75, 3.05) is 7.11 Å². The van der Waals surface area contributed by atoms with E-state index in [2.05, 4.69) is 46.0 Å². The highest BCUT2D eigenvalue weighted by molar-refractivity contribution is 9.10. The number of carboxylic acids is 1. The molecule has 1 aromatic heterocycles. The normalized spacial score (nSPS) is 10.3. The summed E-state index contributed by atoms with van der Waals surface area (Å²) < 4.78 is 12.4. The fourth-order valence-corrected chi connectivity index (χ4v) is 3.96. The minimum atomic E-state index is -0.833. The monoisotopic (exact) mass is 491 g/mol. The van der Waals surface area contributed by atoms with Gasteiger partial charge in [-0.05, 0) is 61.4 Å². The SMILES string of the molecule is CC(=O)O.CCCc1cc(SCc2nc(-c3ccc(Br)cc3)oc2C)ccc1OC. The first-order chi connectivity index (χ1) is 14.3. The van der Waals surface area contributed by atoms with Crippen molar-refractivity contribution in [3.8, 4) is 17.2 Å². The number of aliphatic carboxylic acids is 1. The van der Waals surface area contributed by atoms with Crippen LogP contribution in [0.5, 0.6) is 5.75 Å². The number of nitrogens with zero attached hydrogens (tertiary/aromatic N) is 1. The molecule has 3 aromatic rings. The Hall–Kier alpha value is -2.25. The van der Waals surface area contributed by atoms with Crippen molar-refractivity contribution in [3.05, 3.63) is 64.0 Å². The van der Waals surface area contributed by atoms with E-state index in [1.165, 1.54) is 10.5 Å². The lowest BCUT2D eigenvalue weighted by atomic mass is 10.1. The van der Waals surface area contributed by atoms with Crippen LogP contribution in [0.1, 0.15) is 37.3 Å². The van der Waals surface area contributed by atoms with Crippen LogP contribution in [0.25, 0.3) is 11.5 Å². The molecular weight excluding hydrogens is 466 g/mol. The first kappa shape index (κ1) is 24.0. The van der Waals surface area contributed by atoms with Crippen LogP contribution in [-0.4, -0.2) is 23.2 Å². The van der Waals surface area contributed by atoms with Crippen molar-refractivity contribution in [2.45, 2.75) is 44.3 Å². The Morgan fingerprint density at radius 2 is 1.90 bits per heavy atom. The lowest BCUT2D eigenvalue weighted by Gasteiger charge is -2.09. The van der Waals surface area contributed by atoms with Crippen LogP contribution >= 0.6 is 27.7 Å². The fraction of sp³-hybridized carbons (Fsp3) is 0.304. The summed E-state index contributed by atoms with van der Waals surface area (Å²) in [6.07, 6.45) is 2.12. The molecule has 5 nitrogen and oxygen atoms in total. The van der Waals surface area contributed by atoms with Crippen molar-refractivity contribution >= 4 is 33.7 Å². The Labute approximate surface area is 190 Å². The zero-order chi connectivity index (χ0) is 22.1. The molecule has 0 aliphatic heterocycles. The summed E-state index contributed by atoms with van der Waals surface area (Å²) >= 11 is 5.22. The fourth-order valence-electron chi connectivity index (χ4n) is 2.74. The van der Waals surface area contributed by atoms with E-state index in [0.29, 0.717) is 5.89 Å².